The lowest BCUT2D eigenvalue weighted by Crippen LogP contribution is -2.42. The number of fused-ring (bicyclic) bond motifs is 1. The van der Waals surface area contributed by atoms with Crippen molar-refractivity contribution in [3.8, 4) is 0 Å². The number of hydrogen-bond donors (Lipinski definition) is 4. The number of nitrogen functional groups attached to an aromatic ring is 1. The summed E-state index contributed by atoms with van der Waals surface area (Å²) in [7, 11) is 0. The van der Waals surface area contributed by atoms with Gasteiger partial charge in [-0.2, -0.15) is 0 Å². The Morgan fingerprint density at radius 1 is 1.48 bits per heavy atom. The van der Waals surface area contributed by atoms with Crippen molar-refractivity contribution in [1.29, 1.82) is 0 Å². The Labute approximate surface area is 144 Å². The zero-order valence-electron chi connectivity index (χ0n) is 12.0. The minimum atomic E-state index is -1.36. The second-order valence-corrected chi connectivity index (χ2v) is 5.99. The van der Waals surface area contributed by atoms with E-state index in [0.717, 1.165) is 0 Å². The van der Waals surface area contributed by atoms with Crippen molar-refractivity contribution in [2.75, 3.05) is 12.3 Å². The summed E-state index contributed by atoms with van der Waals surface area (Å²) in [5, 5.41) is 22.9. The molecule has 3 heterocycles. The molecule has 0 aromatic carbocycles. The summed E-state index contributed by atoms with van der Waals surface area (Å²) in [6, 6.07) is 0. The van der Waals surface area contributed by atoms with Crippen molar-refractivity contribution in [3.63, 3.8) is 0 Å². The van der Waals surface area contributed by atoms with Gasteiger partial charge in [0.25, 0.3) is 5.91 Å². The quantitative estimate of drug-likeness (QED) is 0.347. The maximum Gasteiger partial charge on any atom is 0.252 e. The third-order valence-electron chi connectivity index (χ3n) is 3.54. The van der Waals surface area contributed by atoms with Crippen LogP contribution in [0.25, 0.3) is 11.2 Å². The molecule has 0 bridgehead atoms. The van der Waals surface area contributed by atoms with Gasteiger partial charge in [-0.25, -0.2) is 15.0 Å². The highest BCUT2D eigenvalue weighted by Gasteiger charge is 2.47. The number of halogens is 1. The van der Waals surface area contributed by atoms with Crippen molar-refractivity contribution in [3.05, 3.63) is 10.2 Å². The number of likely N-dealkylation sites (N-methyl/N-ethyl adjacent to an activating group) is 1. The van der Waals surface area contributed by atoms with E-state index in [1.54, 1.807) is 6.92 Å². The monoisotopic (exact) mass is 434 g/mol. The number of nitrogens with one attached hydrogen (secondary N) is 1. The molecule has 2 aromatic heterocycles. The molecule has 2 unspecified atom stereocenters. The van der Waals surface area contributed by atoms with E-state index in [2.05, 4.69) is 20.3 Å². The number of carbonyl (C=O) groups is 1. The molecule has 5 N–H and O–H groups in total. The SMILES string of the molecule is CCNC(=O)[C@H]1O[C@@H](n2cnc3c(N)nc(I)nc32)C(O)C1O. The van der Waals surface area contributed by atoms with E-state index in [0.29, 0.717) is 21.5 Å². The molecular formula is C12H15IN6O4. The summed E-state index contributed by atoms with van der Waals surface area (Å²) >= 11 is 1.91. The number of aliphatic hydroxyl groups is 2. The Morgan fingerprint density at radius 2 is 2.22 bits per heavy atom. The highest BCUT2D eigenvalue weighted by Crippen LogP contribution is 2.32. The maximum absolute atomic E-state index is 11.9. The van der Waals surface area contributed by atoms with Crippen LogP contribution < -0.4 is 11.1 Å². The molecule has 4 atom stereocenters. The molecule has 23 heavy (non-hydrogen) atoms. The third kappa shape index (κ3) is 2.73. The zero-order chi connectivity index (χ0) is 16.7. The number of imidazole rings is 1. The number of aromatic nitrogens is 4. The summed E-state index contributed by atoms with van der Waals surface area (Å²) in [6.07, 6.45) is -3.47. The molecule has 1 fully saturated rings. The lowest BCUT2D eigenvalue weighted by molar-refractivity contribution is -0.137. The fourth-order valence-electron chi connectivity index (χ4n) is 2.48. The molecule has 1 aliphatic heterocycles. The summed E-state index contributed by atoms with van der Waals surface area (Å²) in [5.74, 6) is -0.291. The molecule has 11 heteroatoms. The average Bonchev–Trinajstić information content (AvgIpc) is 3.02. The molecule has 0 radical (unpaired) electrons. The van der Waals surface area contributed by atoms with Gasteiger partial charge in [0.15, 0.2) is 27.6 Å². The van der Waals surface area contributed by atoms with Gasteiger partial charge in [0.05, 0.1) is 6.33 Å². The fourth-order valence-corrected chi connectivity index (χ4v) is 2.97. The van der Waals surface area contributed by atoms with E-state index >= 15 is 0 Å². The highest BCUT2D eigenvalue weighted by atomic mass is 127. The zero-order valence-corrected chi connectivity index (χ0v) is 14.2. The first-order chi connectivity index (χ1) is 10.9. The number of nitrogens with zero attached hydrogens (tertiary/aromatic N) is 4. The average molecular weight is 434 g/mol. The number of rotatable bonds is 3. The summed E-state index contributed by atoms with van der Waals surface area (Å²) in [6.45, 7) is 2.14. The van der Waals surface area contributed by atoms with Gasteiger partial charge in [-0.3, -0.25) is 9.36 Å². The van der Waals surface area contributed by atoms with Crippen LogP contribution in [0.1, 0.15) is 13.2 Å². The Kier molecular flexibility index (Phi) is 4.35. The van der Waals surface area contributed by atoms with Crippen molar-refractivity contribution < 1.29 is 19.7 Å². The number of aliphatic hydroxyl groups excluding tert-OH is 2. The standard InChI is InChI=1S/C12H15IN6O4/c1-2-15-10(22)7-5(20)6(21)11(23-7)19-3-16-4-8(14)17-12(13)18-9(4)19/h3,5-7,11,20-21H,2H2,1H3,(H,15,22)(H2,14,17,18)/t5?,6?,7-,11+/m0/s1. The van der Waals surface area contributed by atoms with Gasteiger partial charge in [0.1, 0.15) is 17.7 Å². The van der Waals surface area contributed by atoms with Gasteiger partial charge >= 0.3 is 0 Å². The van der Waals surface area contributed by atoms with Gasteiger partial charge in [-0.05, 0) is 6.92 Å². The number of amides is 1. The number of anilines is 1. The van der Waals surface area contributed by atoms with E-state index < -0.39 is 30.4 Å². The van der Waals surface area contributed by atoms with Gasteiger partial charge in [0, 0.05) is 29.1 Å². The molecule has 1 aliphatic rings. The van der Waals surface area contributed by atoms with Crippen LogP contribution in [0, 0.1) is 3.83 Å². The van der Waals surface area contributed by atoms with E-state index in [4.69, 9.17) is 10.5 Å². The number of hydrogen-bond acceptors (Lipinski definition) is 8. The fraction of sp³-hybridized carbons (Fsp3) is 0.500. The Bertz CT molecular complexity index is 752. The van der Waals surface area contributed by atoms with E-state index in [1.165, 1.54) is 10.9 Å². The maximum atomic E-state index is 11.9. The van der Waals surface area contributed by atoms with Gasteiger partial charge in [-0.1, -0.05) is 0 Å². The summed E-state index contributed by atoms with van der Waals surface area (Å²) in [4.78, 5) is 24.2. The van der Waals surface area contributed by atoms with Crippen molar-refractivity contribution >= 4 is 45.5 Å². The Morgan fingerprint density at radius 3 is 2.91 bits per heavy atom. The number of nitrogens with two attached hydrogens (primary N) is 1. The van der Waals surface area contributed by atoms with Crippen LogP contribution in [0.15, 0.2) is 6.33 Å². The minimum Gasteiger partial charge on any atom is -0.387 e. The Hall–Kier alpha value is -1.57. The Balaban J connectivity index is 1.98. The molecule has 0 aliphatic carbocycles. The topological polar surface area (TPSA) is 148 Å². The second kappa shape index (κ2) is 6.14. The first-order valence-corrected chi connectivity index (χ1v) is 7.96. The molecule has 0 saturated carbocycles. The predicted octanol–water partition coefficient (Wildman–Crippen LogP) is -1.23. The third-order valence-corrected chi connectivity index (χ3v) is 4.03. The number of ether oxygens (including phenoxy) is 1. The smallest absolute Gasteiger partial charge is 0.252 e. The molecule has 124 valence electrons. The van der Waals surface area contributed by atoms with Crippen molar-refractivity contribution in [2.24, 2.45) is 0 Å². The van der Waals surface area contributed by atoms with Crippen LogP contribution in [0.4, 0.5) is 5.82 Å². The number of carbonyl (C=O) groups excluding carboxylic acids is 1. The van der Waals surface area contributed by atoms with Crippen LogP contribution in [0.2, 0.25) is 0 Å². The van der Waals surface area contributed by atoms with Crippen LogP contribution >= 0.6 is 22.6 Å². The normalized spacial score (nSPS) is 27.5. The van der Waals surface area contributed by atoms with Crippen LogP contribution in [-0.2, 0) is 9.53 Å². The first-order valence-electron chi connectivity index (χ1n) is 6.89. The summed E-state index contributed by atoms with van der Waals surface area (Å²) in [5.41, 5.74) is 6.51. The largest absolute Gasteiger partial charge is 0.387 e. The molecule has 3 rings (SSSR count). The second-order valence-electron chi connectivity index (χ2n) is 5.02. The van der Waals surface area contributed by atoms with Crippen LogP contribution in [0.5, 0.6) is 0 Å². The highest BCUT2D eigenvalue weighted by molar-refractivity contribution is 14.1. The first kappa shape index (κ1) is 16.3. The molecule has 1 amide bonds. The van der Waals surface area contributed by atoms with Crippen molar-refractivity contribution in [1.82, 2.24) is 24.8 Å². The van der Waals surface area contributed by atoms with E-state index in [-0.39, 0.29) is 5.82 Å². The minimum absolute atomic E-state index is 0.200. The predicted molar refractivity (Wildman–Crippen MR) is 87.1 cm³/mol. The van der Waals surface area contributed by atoms with E-state index in [9.17, 15) is 15.0 Å². The molecule has 0 spiro atoms. The molecular weight excluding hydrogens is 419 g/mol. The molecule has 1 saturated heterocycles. The van der Waals surface area contributed by atoms with Crippen LogP contribution in [-0.4, -0.2) is 60.5 Å². The van der Waals surface area contributed by atoms with Gasteiger partial charge in [0.2, 0.25) is 0 Å². The van der Waals surface area contributed by atoms with Gasteiger partial charge < -0.3 is 26.0 Å². The summed E-state index contributed by atoms with van der Waals surface area (Å²) < 4.78 is 7.38. The lowest BCUT2D eigenvalue weighted by atomic mass is 10.1. The molecule has 2 aromatic rings. The molecule has 10 nitrogen and oxygen atoms in total. The van der Waals surface area contributed by atoms with Crippen LogP contribution in [0.3, 0.4) is 0 Å². The van der Waals surface area contributed by atoms with E-state index in [1.807, 2.05) is 22.6 Å². The van der Waals surface area contributed by atoms with Crippen molar-refractivity contribution in [2.45, 2.75) is 31.5 Å². The lowest BCUT2D eigenvalue weighted by Gasteiger charge is -2.16. The van der Waals surface area contributed by atoms with Gasteiger partial charge in [-0.15, -0.1) is 0 Å².